The first kappa shape index (κ1) is 21.5. The van der Waals surface area contributed by atoms with E-state index in [9.17, 15) is 0 Å². The predicted molar refractivity (Wildman–Crippen MR) is 123 cm³/mol. The van der Waals surface area contributed by atoms with Crippen molar-refractivity contribution in [2.75, 3.05) is 11.5 Å². The molecule has 0 bridgehead atoms. The topological polar surface area (TPSA) is 52.0 Å². The Balaban J connectivity index is 2.04. The van der Waals surface area contributed by atoms with E-state index in [-0.39, 0.29) is 0 Å². The number of hydrogen-bond donors (Lipinski definition) is 2. The summed E-state index contributed by atoms with van der Waals surface area (Å²) in [6.45, 7) is 14.3. The quantitative estimate of drug-likeness (QED) is 0.539. The summed E-state index contributed by atoms with van der Waals surface area (Å²) in [7, 11) is 0. The zero-order chi connectivity index (χ0) is 20.6. The molecule has 3 rings (SSSR count). The van der Waals surface area contributed by atoms with Crippen molar-refractivity contribution < 1.29 is 0 Å². The zero-order valence-electron chi connectivity index (χ0n) is 19.2. The molecule has 1 aromatic carbocycles. The van der Waals surface area contributed by atoms with E-state index in [4.69, 9.17) is 11.5 Å². The number of rotatable bonds is 4. The van der Waals surface area contributed by atoms with E-state index < -0.39 is 0 Å². The van der Waals surface area contributed by atoms with Crippen LogP contribution >= 0.6 is 0 Å². The Morgan fingerprint density at radius 3 is 1.79 bits per heavy atom. The zero-order valence-corrected chi connectivity index (χ0v) is 19.2. The van der Waals surface area contributed by atoms with Gasteiger partial charge in [-0.3, -0.25) is 0 Å². The van der Waals surface area contributed by atoms with Crippen LogP contribution < -0.4 is 11.5 Å². The van der Waals surface area contributed by atoms with Crippen LogP contribution in [0.2, 0.25) is 0 Å². The Bertz CT molecular complexity index is 663. The first-order valence-electron chi connectivity index (χ1n) is 11.9. The third kappa shape index (κ3) is 4.21. The van der Waals surface area contributed by atoms with Gasteiger partial charge in [-0.1, -0.05) is 60.5 Å². The molecule has 2 heteroatoms. The Morgan fingerprint density at radius 2 is 1.25 bits per heavy atom. The van der Waals surface area contributed by atoms with E-state index in [0.29, 0.717) is 29.6 Å². The number of nitrogen functional groups attached to an aromatic ring is 2. The Kier molecular flexibility index (Phi) is 6.67. The summed E-state index contributed by atoms with van der Waals surface area (Å²) in [6.07, 6.45) is 7.84. The minimum absolute atomic E-state index is 0.516. The molecule has 4 N–H and O–H groups in total. The summed E-state index contributed by atoms with van der Waals surface area (Å²) >= 11 is 0. The molecule has 0 heterocycles. The van der Waals surface area contributed by atoms with Crippen molar-refractivity contribution in [1.82, 2.24) is 0 Å². The fraction of sp³-hybridized carbons (Fsp3) is 0.769. The molecule has 0 aliphatic heterocycles. The molecule has 2 aliphatic carbocycles. The minimum Gasteiger partial charge on any atom is -0.398 e. The monoisotopic (exact) mass is 384 g/mol. The Labute approximate surface area is 173 Å². The molecule has 2 nitrogen and oxygen atoms in total. The SMILES string of the molecule is CC1CCC(C(C)C)C(c2ccc(N)c(C3CC(C)CCC3C(C)C)c2N)C1. The van der Waals surface area contributed by atoms with Crippen LogP contribution in [0.25, 0.3) is 0 Å². The molecule has 6 unspecified atom stereocenters. The van der Waals surface area contributed by atoms with Gasteiger partial charge in [0.2, 0.25) is 0 Å². The van der Waals surface area contributed by atoms with Crippen molar-refractivity contribution in [3.05, 3.63) is 23.3 Å². The lowest BCUT2D eigenvalue weighted by Gasteiger charge is -2.41. The molecule has 2 aliphatic rings. The van der Waals surface area contributed by atoms with Gasteiger partial charge in [0.15, 0.2) is 0 Å². The van der Waals surface area contributed by atoms with E-state index in [2.05, 4.69) is 53.7 Å². The summed E-state index contributed by atoms with van der Waals surface area (Å²) in [5.41, 5.74) is 18.2. The maximum absolute atomic E-state index is 6.98. The Hall–Kier alpha value is -1.18. The highest BCUT2D eigenvalue weighted by molar-refractivity contribution is 5.68. The van der Waals surface area contributed by atoms with Crippen LogP contribution in [0.15, 0.2) is 12.1 Å². The highest BCUT2D eigenvalue weighted by Crippen LogP contribution is 2.51. The maximum Gasteiger partial charge on any atom is 0.0405 e. The van der Waals surface area contributed by atoms with Crippen molar-refractivity contribution in [1.29, 1.82) is 0 Å². The molecule has 158 valence electrons. The van der Waals surface area contributed by atoms with Crippen LogP contribution in [0, 0.1) is 35.5 Å². The van der Waals surface area contributed by atoms with Crippen molar-refractivity contribution in [2.45, 2.75) is 91.9 Å². The molecule has 2 saturated carbocycles. The minimum atomic E-state index is 0.516. The summed E-state index contributed by atoms with van der Waals surface area (Å²) in [5, 5.41) is 0. The average molecular weight is 385 g/mol. The van der Waals surface area contributed by atoms with Gasteiger partial charge in [-0.2, -0.15) is 0 Å². The predicted octanol–water partition coefficient (Wildman–Crippen LogP) is 7.20. The molecular formula is C26H44N2. The van der Waals surface area contributed by atoms with Gasteiger partial charge in [-0.25, -0.2) is 0 Å². The number of hydrogen-bond acceptors (Lipinski definition) is 2. The standard InChI is InChI=1S/C26H44N2/c1-15(2)19-9-7-17(5)13-22(19)21-11-12-24(27)25(26(21)28)23-14-18(6)8-10-20(23)16(3)4/h11-12,15-20,22-23H,7-10,13-14,27-28H2,1-6H3. The summed E-state index contributed by atoms with van der Waals surface area (Å²) in [5.74, 6) is 5.47. The van der Waals surface area contributed by atoms with Crippen molar-refractivity contribution >= 4 is 11.4 Å². The van der Waals surface area contributed by atoms with E-state index in [0.717, 1.165) is 29.1 Å². The largest absolute Gasteiger partial charge is 0.398 e. The summed E-state index contributed by atoms with van der Waals surface area (Å²) < 4.78 is 0. The Morgan fingerprint density at radius 1 is 0.750 bits per heavy atom. The molecule has 1 aromatic rings. The lowest BCUT2D eigenvalue weighted by molar-refractivity contribution is 0.194. The van der Waals surface area contributed by atoms with E-state index in [1.165, 1.54) is 49.7 Å². The fourth-order valence-corrected chi connectivity index (χ4v) is 6.50. The second-order valence-corrected chi connectivity index (χ2v) is 10.9. The summed E-state index contributed by atoms with van der Waals surface area (Å²) in [4.78, 5) is 0. The molecule has 0 amide bonds. The molecule has 6 atom stereocenters. The van der Waals surface area contributed by atoms with E-state index in [1.807, 2.05) is 0 Å². The molecule has 2 fully saturated rings. The molecule has 0 saturated heterocycles. The first-order chi connectivity index (χ1) is 13.2. The average Bonchev–Trinajstić information content (AvgIpc) is 2.61. The number of nitrogens with two attached hydrogens (primary N) is 2. The molecule has 28 heavy (non-hydrogen) atoms. The van der Waals surface area contributed by atoms with Gasteiger partial charge in [-0.15, -0.1) is 0 Å². The van der Waals surface area contributed by atoms with Crippen LogP contribution in [0.3, 0.4) is 0 Å². The van der Waals surface area contributed by atoms with Crippen LogP contribution in [0.5, 0.6) is 0 Å². The van der Waals surface area contributed by atoms with Crippen LogP contribution in [-0.2, 0) is 0 Å². The maximum atomic E-state index is 6.98. The van der Waals surface area contributed by atoms with Crippen LogP contribution in [-0.4, -0.2) is 0 Å². The van der Waals surface area contributed by atoms with Gasteiger partial charge in [0.25, 0.3) is 0 Å². The third-order valence-electron chi connectivity index (χ3n) is 8.17. The third-order valence-corrected chi connectivity index (χ3v) is 8.17. The highest BCUT2D eigenvalue weighted by atomic mass is 14.7. The lowest BCUT2D eigenvalue weighted by Crippen LogP contribution is -2.29. The highest BCUT2D eigenvalue weighted by Gasteiger charge is 2.37. The van der Waals surface area contributed by atoms with Gasteiger partial charge in [-0.05, 0) is 84.7 Å². The smallest absolute Gasteiger partial charge is 0.0405 e. The van der Waals surface area contributed by atoms with Gasteiger partial charge in [0.05, 0.1) is 0 Å². The number of benzene rings is 1. The van der Waals surface area contributed by atoms with Gasteiger partial charge < -0.3 is 11.5 Å². The fourth-order valence-electron chi connectivity index (χ4n) is 6.50. The first-order valence-corrected chi connectivity index (χ1v) is 11.9. The second-order valence-electron chi connectivity index (χ2n) is 10.9. The molecule has 0 spiro atoms. The molecular weight excluding hydrogens is 340 g/mol. The van der Waals surface area contributed by atoms with E-state index >= 15 is 0 Å². The van der Waals surface area contributed by atoms with Crippen LogP contribution in [0.1, 0.15) is 103 Å². The van der Waals surface area contributed by atoms with Crippen LogP contribution in [0.4, 0.5) is 11.4 Å². The van der Waals surface area contributed by atoms with Gasteiger partial charge in [0, 0.05) is 16.9 Å². The molecule has 0 aromatic heterocycles. The normalized spacial score (nSPS) is 34.1. The van der Waals surface area contributed by atoms with Crippen molar-refractivity contribution in [3.63, 3.8) is 0 Å². The lowest BCUT2D eigenvalue weighted by atomic mass is 9.64. The van der Waals surface area contributed by atoms with Crippen molar-refractivity contribution in [3.8, 4) is 0 Å². The molecule has 0 radical (unpaired) electrons. The van der Waals surface area contributed by atoms with E-state index in [1.54, 1.807) is 0 Å². The van der Waals surface area contributed by atoms with Gasteiger partial charge in [0.1, 0.15) is 0 Å². The van der Waals surface area contributed by atoms with Gasteiger partial charge >= 0.3 is 0 Å². The second kappa shape index (κ2) is 8.67. The van der Waals surface area contributed by atoms with Crippen molar-refractivity contribution in [2.24, 2.45) is 35.5 Å². The summed E-state index contributed by atoms with van der Waals surface area (Å²) in [6, 6.07) is 4.44. The number of anilines is 2.